The maximum absolute atomic E-state index is 12.2. The first-order chi connectivity index (χ1) is 12.7. The molecule has 5 heteroatoms. The van der Waals surface area contributed by atoms with Gasteiger partial charge in [-0.3, -0.25) is 4.79 Å². The molecule has 1 saturated carbocycles. The van der Waals surface area contributed by atoms with Crippen LogP contribution in [0.25, 0.3) is 0 Å². The number of urea groups is 1. The zero-order valence-corrected chi connectivity index (χ0v) is 14.8. The van der Waals surface area contributed by atoms with Gasteiger partial charge >= 0.3 is 6.03 Å². The molecule has 0 aliphatic heterocycles. The van der Waals surface area contributed by atoms with E-state index < -0.39 is 0 Å². The fourth-order valence-corrected chi connectivity index (χ4v) is 3.21. The van der Waals surface area contributed by atoms with Gasteiger partial charge in [-0.05, 0) is 49.2 Å². The number of para-hydroxylation sites is 1. The Morgan fingerprint density at radius 3 is 2.00 bits per heavy atom. The van der Waals surface area contributed by atoms with Gasteiger partial charge in [0.25, 0.3) is 5.91 Å². The first-order valence-corrected chi connectivity index (χ1v) is 9.25. The second-order valence-electron chi connectivity index (χ2n) is 6.68. The van der Waals surface area contributed by atoms with Crippen LogP contribution in [-0.4, -0.2) is 18.0 Å². The molecule has 26 heavy (non-hydrogen) atoms. The minimum absolute atomic E-state index is 0.175. The molecule has 0 aromatic heterocycles. The van der Waals surface area contributed by atoms with E-state index in [1.54, 1.807) is 24.3 Å². The molecule has 3 rings (SSSR count). The van der Waals surface area contributed by atoms with Crippen LogP contribution >= 0.6 is 0 Å². The summed E-state index contributed by atoms with van der Waals surface area (Å²) in [4.78, 5) is 24.4. The smallest absolute Gasteiger partial charge is 0.319 e. The third-order valence-corrected chi connectivity index (χ3v) is 4.63. The molecule has 1 aliphatic rings. The highest BCUT2D eigenvalue weighted by Crippen LogP contribution is 2.17. The van der Waals surface area contributed by atoms with Crippen LogP contribution < -0.4 is 16.0 Å². The maximum atomic E-state index is 12.2. The number of carbonyl (C=O) groups is 2. The minimum atomic E-state index is -0.182. The predicted molar refractivity (Wildman–Crippen MR) is 104 cm³/mol. The Hall–Kier alpha value is -2.82. The van der Waals surface area contributed by atoms with E-state index in [-0.39, 0.29) is 18.0 Å². The van der Waals surface area contributed by atoms with Crippen molar-refractivity contribution in [3.8, 4) is 0 Å². The van der Waals surface area contributed by atoms with Crippen LogP contribution in [0.2, 0.25) is 0 Å². The molecular weight excluding hydrogens is 326 g/mol. The van der Waals surface area contributed by atoms with Crippen LogP contribution in [0.1, 0.15) is 48.9 Å². The molecular formula is C21H25N3O2. The van der Waals surface area contributed by atoms with Crippen LogP contribution in [0.5, 0.6) is 0 Å². The van der Waals surface area contributed by atoms with E-state index in [2.05, 4.69) is 16.0 Å². The van der Waals surface area contributed by atoms with E-state index >= 15 is 0 Å². The number of hydrogen-bond acceptors (Lipinski definition) is 2. The molecule has 0 bridgehead atoms. The maximum Gasteiger partial charge on any atom is 0.319 e. The van der Waals surface area contributed by atoms with Gasteiger partial charge < -0.3 is 16.0 Å². The number of amides is 3. The Morgan fingerprint density at radius 1 is 0.731 bits per heavy atom. The summed E-state index contributed by atoms with van der Waals surface area (Å²) in [5.74, 6) is -0.175. The van der Waals surface area contributed by atoms with Gasteiger partial charge in [0, 0.05) is 23.0 Å². The molecule has 0 unspecified atom stereocenters. The molecule has 0 spiro atoms. The summed E-state index contributed by atoms with van der Waals surface area (Å²) in [7, 11) is 0. The molecule has 0 heterocycles. The third kappa shape index (κ3) is 5.34. The SMILES string of the molecule is O=C(Nc1ccc(C(=O)Nc2ccccc2)cc1)NC1CCCCCC1. The van der Waals surface area contributed by atoms with Crippen molar-refractivity contribution in [2.24, 2.45) is 0 Å². The summed E-state index contributed by atoms with van der Waals surface area (Å²) in [5.41, 5.74) is 1.97. The summed E-state index contributed by atoms with van der Waals surface area (Å²) in [5, 5.41) is 8.73. The second-order valence-corrected chi connectivity index (χ2v) is 6.68. The summed E-state index contributed by atoms with van der Waals surface area (Å²) in [6, 6.07) is 16.3. The summed E-state index contributed by atoms with van der Waals surface area (Å²) in [6.07, 6.45) is 6.96. The molecule has 2 aromatic rings. The molecule has 136 valence electrons. The number of carbonyl (C=O) groups excluding carboxylic acids is 2. The molecule has 0 atom stereocenters. The lowest BCUT2D eigenvalue weighted by Gasteiger charge is -2.16. The highest BCUT2D eigenvalue weighted by atomic mass is 16.2. The summed E-state index contributed by atoms with van der Waals surface area (Å²) >= 11 is 0. The van der Waals surface area contributed by atoms with Gasteiger partial charge in [0.05, 0.1) is 0 Å². The van der Waals surface area contributed by atoms with E-state index in [1.165, 1.54) is 25.7 Å². The Morgan fingerprint density at radius 2 is 1.35 bits per heavy atom. The fraction of sp³-hybridized carbons (Fsp3) is 0.333. The van der Waals surface area contributed by atoms with Crippen molar-refractivity contribution in [1.82, 2.24) is 5.32 Å². The van der Waals surface area contributed by atoms with Gasteiger partial charge in [-0.15, -0.1) is 0 Å². The van der Waals surface area contributed by atoms with E-state index in [0.717, 1.165) is 18.5 Å². The van der Waals surface area contributed by atoms with Crippen molar-refractivity contribution in [2.75, 3.05) is 10.6 Å². The van der Waals surface area contributed by atoms with E-state index in [4.69, 9.17) is 0 Å². The third-order valence-electron chi connectivity index (χ3n) is 4.63. The van der Waals surface area contributed by atoms with Crippen LogP contribution in [0.15, 0.2) is 54.6 Å². The van der Waals surface area contributed by atoms with Crippen molar-refractivity contribution in [1.29, 1.82) is 0 Å². The van der Waals surface area contributed by atoms with Crippen molar-refractivity contribution >= 4 is 23.3 Å². The predicted octanol–water partition coefficient (Wildman–Crippen LogP) is 4.78. The second kappa shape index (κ2) is 9.04. The van der Waals surface area contributed by atoms with Gasteiger partial charge in [-0.2, -0.15) is 0 Å². The number of rotatable bonds is 4. The molecule has 1 aliphatic carbocycles. The van der Waals surface area contributed by atoms with Gasteiger partial charge in [0.1, 0.15) is 0 Å². The monoisotopic (exact) mass is 351 g/mol. The summed E-state index contributed by atoms with van der Waals surface area (Å²) in [6.45, 7) is 0. The van der Waals surface area contributed by atoms with Crippen LogP contribution in [-0.2, 0) is 0 Å². The van der Waals surface area contributed by atoms with E-state index in [0.29, 0.717) is 11.3 Å². The standard InChI is InChI=1S/C21H25N3O2/c25-20(22-17-8-6-3-7-9-17)16-12-14-19(15-13-16)24-21(26)23-18-10-4-1-2-5-11-18/h3,6-9,12-15,18H,1-2,4-5,10-11H2,(H,22,25)(H2,23,24,26). The van der Waals surface area contributed by atoms with Crippen molar-refractivity contribution in [3.05, 3.63) is 60.2 Å². The highest BCUT2D eigenvalue weighted by molar-refractivity contribution is 6.04. The number of hydrogen-bond donors (Lipinski definition) is 3. The van der Waals surface area contributed by atoms with E-state index in [9.17, 15) is 9.59 Å². The van der Waals surface area contributed by atoms with Gasteiger partial charge in [-0.25, -0.2) is 4.79 Å². The quantitative estimate of drug-likeness (QED) is 0.694. The first-order valence-electron chi connectivity index (χ1n) is 9.25. The molecule has 3 amide bonds. The fourth-order valence-electron chi connectivity index (χ4n) is 3.21. The van der Waals surface area contributed by atoms with E-state index in [1.807, 2.05) is 30.3 Å². The molecule has 3 N–H and O–H groups in total. The Kier molecular flexibility index (Phi) is 6.25. The normalized spacial score (nSPS) is 14.9. The molecule has 0 saturated heterocycles. The topological polar surface area (TPSA) is 70.2 Å². The molecule has 5 nitrogen and oxygen atoms in total. The number of anilines is 2. The Bertz CT molecular complexity index is 721. The number of nitrogens with one attached hydrogen (secondary N) is 3. The molecule has 2 aromatic carbocycles. The zero-order chi connectivity index (χ0) is 18.2. The van der Waals surface area contributed by atoms with Crippen LogP contribution in [0.4, 0.5) is 16.2 Å². The minimum Gasteiger partial charge on any atom is -0.335 e. The lowest BCUT2D eigenvalue weighted by atomic mass is 10.1. The van der Waals surface area contributed by atoms with Crippen molar-refractivity contribution < 1.29 is 9.59 Å². The van der Waals surface area contributed by atoms with Gasteiger partial charge in [-0.1, -0.05) is 43.9 Å². The zero-order valence-electron chi connectivity index (χ0n) is 14.8. The molecule has 0 radical (unpaired) electrons. The first kappa shape index (κ1) is 18.0. The largest absolute Gasteiger partial charge is 0.335 e. The van der Waals surface area contributed by atoms with Crippen LogP contribution in [0.3, 0.4) is 0 Å². The lowest BCUT2D eigenvalue weighted by molar-refractivity contribution is 0.102. The summed E-state index contributed by atoms with van der Waals surface area (Å²) < 4.78 is 0. The Labute approximate surface area is 154 Å². The lowest BCUT2D eigenvalue weighted by Crippen LogP contribution is -2.37. The van der Waals surface area contributed by atoms with Crippen LogP contribution in [0, 0.1) is 0 Å². The number of benzene rings is 2. The average molecular weight is 351 g/mol. The van der Waals surface area contributed by atoms with Crippen molar-refractivity contribution in [2.45, 2.75) is 44.6 Å². The Balaban J connectivity index is 1.52. The highest BCUT2D eigenvalue weighted by Gasteiger charge is 2.14. The van der Waals surface area contributed by atoms with Gasteiger partial charge in [0.15, 0.2) is 0 Å². The molecule has 1 fully saturated rings. The average Bonchev–Trinajstić information content (AvgIpc) is 2.91. The van der Waals surface area contributed by atoms with Crippen molar-refractivity contribution in [3.63, 3.8) is 0 Å². The van der Waals surface area contributed by atoms with Gasteiger partial charge in [0.2, 0.25) is 0 Å².